The van der Waals surface area contributed by atoms with E-state index in [1.165, 1.54) is 98.7 Å². The van der Waals surface area contributed by atoms with Crippen molar-refractivity contribution in [3.05, 3.63) is 181 Å². The molecule has 1 aliphatic rings. The first-order valence-corrected chi connectivity index (χ1v) is 17.3. The second-order valence-electron chi connectivity index (χ2n) is 14.0. The quantitative estimate of drug-likeness (QED) is 0.136. The molecule has 230 valence electrons. The highest BCUT2D eigenvalue weighted by Crippen LogP contribution is 2.52. The van der Waals surface area contributed by atoms with Crippen molar-refractivity contribution in [2.75, 3.05) is 0 Å². The second-order valence-corrected chi connectivity index (χ2v) is 14.0. The first kappa shape index (κ1) is 28.1. The molecule has 0 aliphatic heterocycles. The molecule has 1 aliphatic carbocycles. The lowest BCUT2D eigenvalue weighted by molar-refractivity contribution is 0.661. The largest absolute Gasteiger partial charge is 0.0622 e. The van der Waals surface area contributed by atoms with Gasteiger partial charge in [-0.05, 0) is 111 Å². The van der Waals surface area contributed by atoms with Crippen molar-refractivity contribution >= 4 is 43.1 Å². The Bertz CT molecular complexity index is 2720. The fourth-order valence-electron chi connectivity index (χ4n) is 8.69. The van der Waals surface area contributed by atoms with Gasteiger partial charge in [0.25, 0.3) is 0 Å². The molecule has 0 heteroatoms. The molecule has 49 heavy (non-hydrogen) atoms. The predicted octanol–water partition coefficient (Wildman–Crippen LogP) is 13.6. The summed E-state index contributed by atoms with van der Waals surface area (Å²) in [5.74, 6) is 0. The average Bonchev–Trinajstić information content (AvgIpc) is 3.38. The Morgan fingerprint density at radius 3 is 1.51 bits per heavy atom. The van der Waals surface area contributed by atoms with Crippen molar-refractivity contribution in [1.82, 2.24) is 0 Å². The SMILES string of the molecule is CC1(C)c2cc(-c3ccccc3)ccc2-c2ccc(-c3c4ccccc4c(-c4cccc5c4ccc4ccccc45)c4ccccc34)cc21. The maximum atomic E-state index is 2.48. The Morgan fingerprint density at radius 2 is 0.837 bits per heavy atom. The van der Waals surface area contributed by atoms with E-state index in [-0.39, 0.29) is 5.41 Å². The van der Waals surface area contributed by atoms with Crippen LogP contribution in [0, 0.1) is 0 Å². The van der Waals surface area contributed by atoms with E-state index in [0.717, 1.165) is 0 Å². The molecule has 0 N–H and O–H groups in total. The molecule has 0 heterocycles. The number of benzene rings is 9. The molecule has 0 unspecified atom stereocenters. The fourth-order valence-corrected chi connectivity index (χ4v) is 8.69. The molecule has 0 amide bonds. The molecular formula is C49H34. The number of hydrogen-bond acceptors (Lipinski definition) is 0. The molecule has 0 fully saturated rings. The van der Waals surface area contributed by atoms with Crippen molar-refractivity contribution in [1.29, 1.82) is 0 Å². The Hall–Kier alpha value is -5.98. The van der Waals surface area contributed by atoms with E-state index in [1.807, 2.05) is 0 Å². The zero-order valence-electron chi connectivity index (χ0n) is 27.7. The van der Waals surface area contributed by atoms with Crippen molar-refractivity contribution in [3.8, 4) is 44.5 Å². The van der Waals surface area contributed by atoms with E-state index in [4.69, 9.17) is 0 Å². The average molecular weight is 623 g/mol. The highest BCUT2D eigenvalue weighted by molar-refractivity contribution is 6.25. The minimum Gasteiger partial charge on any atom is -0.0622 e. The molecule has 0 radical (unpaired) electrons. The van der Waals surface area contributed by atoms with Gasteiger partial charge in [0, 0.05) is 5.41 Å². The van der Waals surface area contributed by atoms with Crippen LogP contribution in [-0.2, 0) is 5.41 Å². The highest BCUT2D eigenvalue weighted by atomic mass is 14.4. The van der Waals surface area contributed by atoms with Crippen LogP contribution in [0.3, 0.4) is 0 Å². The summed E-state index contributed by atoms with van der Waals surface area (Å²) in [5, 5.41) is 10.3. The molecule has 10 rings (SSSR count). The molecule has 0 aromatic heterocycles. The zero-order chi connectivity index (χ0) is 32.7. The minimum atomic E-state index is -0.122. The lowest BCUT2D eigenvalue weighted by Crippen LogP contribution is -2.15. The van der Waals surface area contributed by atoms with Crippen LogP contribution in [0.25, 0.3) is 87.6 Å². The Labute approximate surface area is 286 Å². The van der Waals surface area contributed by atoms with Gasteiger partial charge in [0.05, 0.1) is 0 Å². The van der Waals surface area contributed by atoms with Crippen LogP contribution in [0.15, 0.2) is 170 Å². The first-order valence-electron chi connectivity index (χ1n) is 17.3. The monoisotopic (exact) mass is 622 g/mol. The summed E-state index contributed by atoms with van der Waals surface area (Å²) in [7, 11) is 0. The summed E-state index contributed by atoms with van der Waals surface area (Å²) < 4.78 is 0. The van der Waals surface area contributed by atoms with E-state index < -0.39 is 0 Å². The van der Waals surface area contributed by atoms with Gasteiger partial charge in [-0.1, -0.05) is 172 Å². The lowest BCUT2D eigenvalue weighted by Gasteiger charge is -2.23. The Balaban J connectivity index is 1.21. The number of fused-ring (bicyclic) bond motifs is 8. The predicted molar refractivity (Wildman–Crippen MR) is 210 cm³/mol. The first-order chi connectivity index (χ1) is 24.1. The fraction of sp³-hybridized carbons (Fsp3) is 0.0612. The number of rotatable bonds is 3. The van der Waals surface area contributed by atoms with Crippen LogP contribution < -0.4 is 0 Å². The maximum absolute atomic E-state index is 2.48. The van der Waals surface area contributed by atoms with E-state index >= 15 is 0 Å². The van der Waals surface area contributed by atoms with Crippen LogP contribution in [0.4, 0.5) is 0 Å². The minimum absolute atomic E-state index is 0.122. The second kappa shape index (κ2) is 10.5. The van der Waals surface area contributed by atoms with Crippen molar-refractivity contribution in [3.63, 3.8) is 0 Å². The topological polar surface area (TPSA) is 0 Å². The summed E-state index contributed by atoms with van der Waals surface area (Å²) in [6, 6.07) is 63.1. The molecule has 0 spiro atoms. The van der Waals surface area contributed by atoms with Crippen molar-refractivity contribution < 1.29 is 0 Å². The van der Waals surface area contributed by atoms with Crippen LogP contribution in [0.2, 0.25) is 0 Å². The van der Waals surface area contributed by atoms with Gasteiger partial charge in [-0.25, -0.2) is 0 Å². The van der Waals surface area contributed by atoms with Gasteiger partial charge in [-0.2, -0.15) is 0 Å². The van der Waals surface area contributed by atoms with Crippen LogP contribution in [0.5, 0.6) is 0 Å². The van der Waals surface area contributed by atoms with Crippen LogP contribution >= 0.6 is 0 Å². The maximum Gasteiger partial charge on any atom is 0.0159 e. The highest BCUT2D eigenvalue weighted by Gasteiger charge is 2.36. The molecule has 0 saturated heterocycles. The number of hydrogen-bond donors (Lipinski definition) is 0. The summed E-state index contributed by atoms with van der Waals surface area (Å²) in [5.41, 5.74) is 13.0. The molecule has 0 bridgehead atoms. The van der Waals surface area contributed by atoms with Crippen molar-refractivity contribution in [2.45, 2.75) is 19.3 Å². The third kappa shape index (κ3) is 4.11. The van der Waals surface area contributed by atoms with Gasteiger partial charge in [-0.15, -0.1) is 0 Å². The van der Waals surface area contributed by atoms with Gasteiger partial charge in [0.1, 0.15) is 0 Å². The molecule has 0 atom stereocenters. The van der Waals surface area contributed by atoms with Gasteiger partial charge < -0.3 is 0 Å². The third-order valence-electron chi connectivity index (χ3n) is 11.1. The standard InChI is InChI=1S/C49H34/c1-49(2)45-29-33(31-13-4-3-5-14-31)24-27-38(45)39-28-25-34(30-46(39)49)47-41-17-8-10-19-43(41)48(44-20-11-9-18-42(44)47)40-22-12-21-36-35-16-7-6-15-32(35)23-26-37(36)40/h3-30H,1-2H3. The van der Waals surface area contributed by atoms with Gasteiger partial charge in [-0.3, -0.25) is 0 Å². The third-order valence-corrected chi connectivity index (χ3v) is 11.1. The van der Waals surface area contributed by atoms with E-state index in [0.29, 0.717) is 0 Å². The zero-order valence-corrected chi connectivity index (χ0v) is 27.7. The van der Waals surface area contributed by atoms with Gasteiger partial charge >= 0.3 is 0 Å². The summed E-state index contributed by atoms with van der Waals surface area (Å²) in [4.78, 5) is 0. The Kier molecular flexibility index (Phi) is 6.02. The summed E-state index contributed by atoms with van der Waals surface area (Å²) >= 11 is 0. The molecule has 0 saturated carbocycles. The van der Waals surface area contributed by atoms with Gasteiger partial charge in [0.15, 0.2) is 0 Å². The molecule has 0 nitrogen and oxygen atoms in total. The van der Waals surface area contributed by atoms with Crippen LogP contribution in [-0.4, -0.2) is 0 Å². The smallest absolute Gasteiger partial charge is 0.0159 e. The van der Waals surface area contributed by atoms with E-state index in [9.17, 15) is 0 Å². The van der Waals surface area contributed by atoms with Crippen LogP contribution in [0.1, 0.15) is 25.0 Å². The molecular weight excluding hydrogens is 589 g/mol. The van der Waals surface area contributed by atoms with E-state index in [2.05, 4.69) is 184 Å². The molecule has 9 aromatic carbocycles. The Morgan fingerprint density at radius 1 is 0.306 bits per heavy atom. The summed E-state index contributed by atoms with van der Waals surface area (Å²) in [6.07, 6.45) is 0. The van der Waals surface area contributed by atoms with Crippen molar-refractivity contribution in [2.24, 2.45) is 0 Å². The molecule has 9 aromatic rings. The lowest BCUT2D eigenvalue weighted by atomic mass is 9.79. The normalized spacial score (nSPS) is 13.3. The van der Waals surface area contributed by atoms with E-state index in [1.54, 1.807) is 0 Å². The van der Waals surface area contributed by atoms with Gasteiger partial charge in [0.2, 0.25) is 0 Å². The summed E-state index contributed by atoms with van der Waals surface area (Å²) in [6.45, 7) is 4.78.